The van der Waals surface area contributed by atoms with Crippen LogP contribution in [0.4, 0.5) is 0 Å². The topological polar surface area (TPSA) is 57.5 Å². The molecule has 4 bridgehead atoms. The third-order valence-electron chi connectivity index (χ3n) is 4.65. The Morgan fingerprint density at radius 1 is 1.19 bits per heavy atom. The van der Waals surface area contributed by atoms with E-state index in [1.807, 2.05) is 6.08 Å². The second-order valence-corrected chi connectivity index (χ2v) is 6.22. The van der Waals surface area contributed by atoms with Crippen LogP contribution >= 0.6 is 0 Å². The Kier molecular flexibility index (Phi) is 2.00. The Bertz CT molecular complexity index is 344. The van der Waals surface area contributed by atoms with Crippen LogP contribution in [0.25, 0.3) is 0 Å². The number of allylic oxidation sites excluding steroid dienone is 1. The highest BCUT2D eigenvalue weighted by atomic mass is 16.4. The summed E-state index contributed by atoms with van der Waals surface area (Å²) < 4.78 is 0. The summed E-state index contributed by atoms with van der Waals surface area (Å²) in [5.41, 5.74) is -0.510. The van der Waals surface area contributed by atoms with Crippen molar-refractivity contribution in [2.75, 3.05) is 0 Å². The number of hydrogen-bond donors (Lipinski definition) is 2. The van der Waals surface area contributed by atoms with Crippen LogP contribution < -0.4 is 0 Å². The van der Waals surface area contributed by atoms with Gasteiger partial charge in [0.25, 0.3) is 0 Å². The highest BCUT2D eigenvalue weighted by molar-refractivity contribution is 5.79. The first-order valence-corrected chi connectivity index (χ1v) is 6.13. The van der Waals surface area contributed by atoms with Crippen molar-refractivity contribution in [2.24, 2.45) is 17.3 Å². The Morgan fingerprint density at radius 2 is 1.81 bits per heavy atom. The van der Waals surface area contributed by atoms with E-state index in [4.69, 9.17) is 5.11 Å². The fraction of sp³-hybridized carbons (Fsp3) is 0.769. The van der Waals surface area contributed by atoms with E-state index in [-0.39, 0.29) is 5.41 Å². The number of aliphatic hydroxyl groups is 1. The predicted octanol–water partition coefficient (Wildman–Crippen LogP) is 1.96. The lowest BCUT2D eigenvalue weighted by Crippen LogP contribution is -2.54. The summed E-state index contributed by atoms with van der Waals surface area (Å²) in [5, 5.41) is 19.2. The lowest BCUT2D eigenvalue weighted by atomic mass is 9.48. The molecular formula is C13H18O3. The van der Waals surface area contributed by atoms with Crippen molar-refractivity contribution in [1.29, 1.82) is 0 Å². The van der Waals surface area contributed by atoms with E-state index in [9.17, 15) is 9.90 Å². The molecule has 4 aliphatic rings. The molecule has 0 heterocycles. The zero-order valence-electron chi connectivity index (χ0n) is 9.35. The second-order valence-electron chi connectivity index (χ2n) is 6.22. The van der Waals surface area contributed by atoms with Crippen molar-refractivity contribution in [3.8, 4) is 0 Å². The molecule has 0 aromatic heterocycles. The third kappa shape index (κ3) is 1.58. The number of carbonyl (C=O) groups is 1. The molecule has 4 aliphatic carbocycles. The molecule has 0 aromatic rings. The quantitative estimate of drug-likeness (QED) is 0.702. The largest absolute Gasteiger partial charge is 0.478 e. The smallest absolute Gasteiger partial charge is 0.327 e. The van der Waals surface area contributed by atoms with E-state index in [1.165, 1.54) is 12.5 Å². The second kappa shape index (κ2) is 3.10. The molecule has 4 rings (SSSR count). The molecular weight excluding hydrogens is 204 g/mol. The normalized spacial score (nSPS) is 50.1. The average Bonchev–Trinajstić information content (AvgIpc) is 2.10. The number of carboxylic acids is 1. The highest BCUT2D eigenvalue weighted by Gasteiger charge is 2.56. The van der Waals surface area contributed by atoms with Crippen LogP contribution in [0.5, 0.6) is 0 Å². The summed E-state index contributed by atoms with van der Waals surface area (Å²) in [7, 11) is 0. The molecule has 0 amide bonds. The molecule has 0 aliphatic heterocycles. The zero-order valence-corrected chi connectivity index (χ0v) is 9.35. The number of rotatable bonds is 2. The van der Waals surface area contributed by atoms with Gasteiger partial charge in [0, 0.05) is 6.08 Å². The molecule has 2 unspecified atom stereocenters. The van der Waals surface area contributed by atoms with Crippen LogP contribution in [-0.4, -0.2) is 21.8 Å². The summed E-state index contributed by atoms with van der Waals surface area (Å²) in [5.74, 6) is 0.358. The van der Waals surface area contributed by atoms with Crippen LogP contribution in [0, 0.1) is 17.3 Å². The van der Waals surface area contributed by atoms with Crippen LogP contribution in [0.15, 0.2) is 12.2 Å². The van der Waals surface area contributed by atoms with E-state index in [0.29, 0.717) is 11.8 Å². The van der Waals surface area contributed by atoms with Gasteiger partial charge in [0.15, 0.2) is 0 Å². The van der Waals surface area contributed by atoms with E-state index >= 15 is 0 Å². The van der Waals surface area contributed by atoms with Gasteiger partial charge >= 0.3 is 5.97 Å². The molecule has 3 nitrogen and oxygen atoms in total. The zero-order chi connectivity index (χ0) is 11.4. The van der Waals surface area contributed by atoms with E-state index in [0.717, 1.165) is 32.1 Å². The van der Waals surface area contributed by atoms with E-state index in [2.05, 4.69) is 0 Å². The van der Waals surface area contributed by atoms with Gasteiger partial charge in [-0.15, -0.1) is 0 Å². The fourth-order valence-corrected chi connectivity index (χ4v) is 4.73. The highest BCUT2D eigenvalue weighted by Crippen LogP contribution is 2.62. The van der Waals surface area contributed by atoms with Crippen molar-refractivity contribution < 1.29 is 15.0 Å². The van der Waals surface area contributed by atoms with E-state index in [1.54, 1.807) is 0 Å². The number of hydrogen-bond acceptors (Lipinski definition) is 2. The fourth-order valence-electron chi connectivity index (χ4n) is 4.73. The summed E-state index contributed by atoms with van der Waals surface area (Å²) >= 11 is 0. The molecule has 3 heteroatoms. The molecule has 2 N–H and O–H groups in total. The van der Waals surface area contributed by atoms with Crippen LogP contribution in [0.2, 0.25) is 0 Å². The Balaban J connectivity index is 1.89. The Morgan fingerprint density at radius 3 is 2.31 bits per heavy atom. The minimum Gasteiger partial charge on any atom is -0.478 e. The summed E-state index contributed by atoms with van der Waals surface area (Å²) in [6.45, 7) is 0. The van der Waals surface area contributed by atoms with Gasteiger partial charge in [0.05, 0.1) is 5.60 Å². The summed E-state index contributed by atoms with van der Waals surface area (Å²) in [4.78, 5) is 10.6. The summed E-state index contributed by atoms with van der Waals surface area (Å²) in [6.07, 6.45) is 9.18. The van der Waals surface area contributed by atoms with Crippen LogP contribution in [-0.2, 0) is 4.79 Å². The first-order chi connectivity index (χ1) is 7.49. The predicted molar refractivity (Wildman–Crippen MR) is 58.8 cm³/mol. The van der Waals surface area contributed by atoms with Crippen molar-refractivity contribution in [3.05, 3.63) is 12.2 Å². The number of carboxylic acid groups (broad SMARTS) is 1. The maximum Gasteiger partial charge on any atom is 0.327 e. The molecule has 2 atom stereocenters. The Labute approximate surface area is 95.2 Å². The SMILES string of the molecule is O=C(O)C=CC12CC3CC(CC(O)(C3)C1)C2. The molecule has 0 radical (unpaired) electrons. The van der Waals surface area contributed by atoms with Gasteiger partial charge in [-0.05, 0) is 55.8 Å². The molecule has 4 saturated carbocycles. The van der Waals surface area contributed by atoms with Gasteiger partial charge in [-0.1, -0.05) is 6.08 Å². The van der Waals surface area contributed by atoms with Crippen molar-refractivity contribution in [2.45, 2.75) is 44.1 Å². The van der Waals surface area contributed by atoms with Crippen molar-refractivity contribution in [3.63, 3.8) is 0 Å². The van der Waals surface area contributed by atoms with Gasteiger partial charge < -0.3 is 10.2 Å². The van der Waals surface area contributed by atoms with Gasteiger partial charge in [-0.2, -0.15) is 0 Å². The maximum absolute atomic E-state index is 10.6. The average molecular weight is 222 g/mol. The maximum atomic E-state index is 10.6. The lowest BCUT2D eigenvalue weighted by Gasteiger charge is -2.59. The molecule has 4 fully saturated rings. The first-order valence-electron chi connectivity index (χ1n) is 6.13. The van der Waals surface area contributed by atoms with Crippen LogP contribution in [0.3, 0.4) is 0 Å². The van der Waals surface area contributed by atoms with Gasteiger partial charge in [0.1, 0.15) is 0 Å². The third-order valence-corrected chi connectivity index (χ3v) is 4.65. The number of aliphatic carboxylic acids is 1. The molecule has 16 heavy (non-hydrogen) atoms. The molecule has 0 spiro atoms. The van der Waals surface area contributed by atoms with Crippen molar-refractivity contribution >= 4 is 5.97 Å². The molecule has 0 saturated heterocycles. The lowest BCUT2D eigenvalue weighted by molar-refractivity contribution is -0.148. The molecule has 0 aromatic carbocycles. The van der Waals surface area contributed by atoms with Gasteiger partial charge in [0.2, 0.25) is 0 Å². The summed E-state index contributed by atoms with van der Waals surface area (Å²) in [6, 6.07) is 0. The van der Waals surface area contributed by atoms with Crippen LogP contribution in [0.1, 0.15) is 38.5 Å². The van der Waals surface area contributed by atoms with Gasteiger partial charge in [-0.25, -0.2) is 4.79 Å². The minimum atomic E-state index is -0.872. The van der Waals surface area contributed by atoms with Crippen molar-refractivity contribution in [1.82, 2.24) is 0 Å². The molecule has 88 valence electrons. The van der Waals surface area contributed by atoms with Gasteiger partial charge in [-0.3, -0.25) is 0 Å². The first kappa shape index (κ1) is 10.3. The standard InChI is InChI=1S/C13H18O3/c14-11(15)1-2-12-4-9-3-10(5-12)7-13(16,6-9)8-12/h1-2,9-10,16H,3-8H2,(H,14,15). The minimum absolute atomic E-state index is 0.0166. The Hall–Kier alpha value is -0.830. The monoisotopic (exact) mass is 222 g/mol. The van der Waals surface area contributed by atoms with E-state index < -0.39 is 11.6 Å².